The molecule has 0 amide bonds. The number of rotatable bonds is 7. The number of phenolic OH excluding ortho intramolecular Hbond substituents is 1. The van der Waals surface area contributed by atoms with Crippen LogP contribution in [0, 0.1) is 5.92 Å². The Labute approximate surface area is 292 Å². The minimum Gasteiger partial charge on any atom is -0.507 e. The van der Waals surface area contributed by atoms with Crippen molar-refractivity contribution in [2.75, 3.05) is 11.9 Å². The zero-order valence-electron chi connectivity index (χ0n) is 30.9. The van der Waals surface area contributed by atoms with Gasteiger partial charge in [-0.2, -0.15) is 0 Å². The minimum absolute atomic E-state index is 0.244. The van der Waals surface area contributed by atoms with Crippen LogP contribution in [0.15, 0.2) is 71.7 Å². The van der Waals surface area contributed by atoms with E-state index in [1.54, 1.807) is 0 Å². The second kappa shape index (κ2) is 12.2. The number of nitrogens with zero attached hydrogens (tertiary/aromatic N) is 2. The van der Waals surface area contributed by atoms with Crippen LogP contribution >= 0.6 is 0 Å². The third kappa shape index (κ3) is 5.98. The predicted octanol–water partition coefficient (Wildman–Crippen LogP) is 10.3. The lowest BCUT2D eigenvalue weighted by Gasteiger charge is -2.45. The fourth-order valence-electron chi connectivity index (χ4n) is 7.61. The van der Waals surface area contributed by atoms with E-state index in [0.29, 0.717) is 23.7 Å². The molecule has 0 saturated carbocycles. The summed E-state index contributed by atoms with van der Waals surface area (Å²) < 4.78 is 13.1. The average molecular weight is 661 g/mol. The van der Waals surface area contributed by atoms with Crippen molar-refractivity contribution in [1.29, 1.82) is 0 Å². The summed E-state index contributed by atoms with van der Waals surface area (Å²) in [7, 11) is 2.06. The Kier molecular flexibility index (Phi) is 8.62. The quantitative estimate of drug-likeness (QED) is 0.158. The number of carbonyl (C=O) groups is 1. The van der Waals surface area contributed by atoms with E-state index in [9.17, 15) is 9.90 Å². The summed E-state index contributed by atoms with van der Waals surface area (Å²) >= 11 is 0. The molecule has 0 aliphatic carbocycles. The summed E-state index contributed by atoms with van der Waals surface area (Å²) in [6.07, 6.45) is 5.10. The summed E-state index contributed by atoms with van der Waals surface area (Å²) in [4.78, 5) is 21.2. The fourth-order valence-corrected chi connectivity index (χ4v) is 7.61. The van der Waals surface area contributed by atoms with Gasteiger partial charge in [0.05, 0.1) is 17.5 Å². The SMILES string of the molecule is CCCCC(Cc1cc(C(C)(C)C)c(O)c(C(C)(C)C)c1)C(=O)Oc1ccc2ccc3c(c2c1)N=CC1(O3)N(C)c2ccccc2C1(C)C. The van der Waals surface area contributed by atoms with Crippen LogP contribution in [-0.4, -0.2) is 30.1 Å². The van der Waals surface area contributed by atoms with Crippen molar-refractivity contribution in [2.45, 2.75) is 110 Å². The number of benzene rings is 4. The number of aromatic hydroxyl groups is 1. The van der Waals surface area contributed by atoms with Gasteiger partial charge >= 0.3 is 5.97 Å². The van der Waals surface area contributed by atoms with Crippen molar-refractivity contribution >= 4 is 34.3 Å². The van der Waals surface area contributed by atoms with Crippen LogP contribution < -0.4 is 14.4 Å². The standard InChI is InChI=1S/C43H52N2O4/c1-11-12-15-29(22-27-23-33(40(2,3)4)38(46)34(24-27)41(5,6)7)39(47)48-30-20-18-28-19-21-36-37(31(28)25-30)44-26-43(49-36)42(8,9)32-16-13-14-17-35(32)45(43)10/h13-14,16-21,23-26,29,46H,11-12,15,22H2,1-10H3. The van der Waals surface area contributed by atoms with E-state index in [-0.39, 0.29) is 28.1 Å². The van der Waals surface area contributed by atoms with Crippen molar-refractivity contribution in [3.8, 4) is 17.2 Å². The molecule has 4 aromatic carbocycles. The highest BCUT2D eigenvalue weighted by Gasteiger charge is 2.58. The molecule has 6 rings (SSSR count). The van der Waals surface area contributed by atoms with Crippen molar-refractivity contribution in [3.63, 3.8) is 0 Å². The number of unbranched alkanes of at least 4 members (excludes halogenated alkanes) is 1. The molecule has 258 valence electrons. The van der Waals surface area contributed by atoms with Crippen molar-refractivity contribution in [3.05, 3.63) is 89.0 Å². The molecule has 49 heavy (non-hydrogen) atoms. The van der Waals surface area contributed by atoms with Gasteiger partial charge in [-0.1, -0.05) is 104 Å². The van der Waals surface area contributed by atoms with E-state index < -0.39 is 5.72 Å². The summed E-state index contributed by atoms with van der Waals surface area (Å²) in [5.41, 5.74) is 4.31. The minimum atomic E-state index is -0.776. The first-order valence-electron chi connectivity index (χ1n) is 17.7. The number of anilines is 1. The summed E-state index contributed by atoms with van der Waals surface area (Å²) in [5.74, 6) is 0.967. The normalized spacial score (nSPS) is 18.7. The lowest BCUT2D eigenvalue weighted by atomic mass is 9.77. The Balaban J connectivity index is 1.30. The molecular weight excluding hydrogens is 608 g/mol. The van der Waals surface area contributed by atoms with Crippen LogP contribution in [0.5, 0.6) is 17.2 Å². The maximum Gasteiger partial charge on any atom is 0.314 e. The van der Waals surface area contributed by atoms with E-state index in [0.717, 1.165) is 58.1 Å². The van der Waals surface area contributed by atoms with E-state index >= 15 is 0 Å². The van der Waals surface area contributed by atoms with Crippen LogP contribution in [0.3, 0.4) is 0 Å². The van der Waals surface area contributed by atoms with Crippen molar-refractivity contribution < 1.29 is 19.4 Å². The highest BCUT2D eigenvalue weighted by Crippen LogP contribution is 2.54. The lowest BCUT2D eigenvalue weighted by Crippen LogP contribution is -2.61. The first kappa shape index (κ1) is 34.5. The Morgan fingerprint density at radius 1 is 0.959 bits per heavy atom. The molecule has 2 unspecified atom stereocenters. The number of fused-ring (bicyclic) bond motifs is 4. The van der Waals surface area contributed by atoms with Crippen LogP contribution in [0.4, 0.5) is 11.4 Å². The Bertz CT molecular complexity index is 1910. The molecule has 0 fully saturated rings. The molecule has 1 spiro atoms. The Morgan fingerprint density at radius 2 is 1.61 bits per heavy atom. The molecular formula is C43H52N2O4. The molecule has 2 aliphatic rings. The third-order valence-electron chi connectivity index (χ3n) is 10.6. The molecule has 4 aromatic rings. The lowest BCUT2D eigenvalue weighted by molar-refractivity contribution is -0.139. The second-order valence-electron chi connectivity index (χ2n) is 16.6. The van der Waals surface area contributed by atoms with Crippen LogP contribution in [-0.2, 0) is 27.5 Å². The number of hydrogen-bond acceptors (Lipinski definition) is 6. The summed E-state index contributed by atoms with van der Waals surface area (Å²) in [6, 6.07) is 22.3. The van der Waals surface area contributed by atoms with Gasteiger partial charge in [-0.15, -0.1) is 0 Å². The maximum absolute atomic E-state index is 13.9. The average Bonchev–Trinajstić information content (AvgIpc) is 3.20. The Morgan fingerprint density at radius 3 is 2.24 bits per heavy atom. The van der Waals surface area contributed by atoms with Gasteiger partial charge in [0, 0.05) is 18.1 Å². The highest BCUT2D eigenvalue weighted by molar-refractivity contribution is 6.00. The molecule has 2 atom stereocenters. The van der Waals surface area contributed by atoms with Crippen LogP contribution in [0.25, 0.3) is 10.8 Å². The molecule has 0 bridgehead atoms. The number of esters is 1. The number of likely N-dealkylation sites (N-methyl/N-ethyl adjacent to an activating group) is 1. The number of carbonyl (C=O) groups excluding carboxylic acids is 1. The number of phenols is 1. The monoisotopic (exact) mass is 660 g/mol. The number of para-hydroxylation sites is 1. The van der Waals surface area contributed by atoms with Gasteiger partial charge in [0.25, 0.3) is 0 Å². The number of hydrogen-bond donors (Lipinski definition) is 1. The molecule has 1 N–H and O–H groups in total. The van der Waals surface area contributed by atoms with Crippen molar-refractivity contribution in [2.24, 2.45) is 10.9 Å². The van der Waals surface area contributed by atoms with Crippen molar-refractivity contribution in [1.82, 2.24) is 0 Å². The third-order valence-corrected chi connectivity index (χ3v) is 10.6. The zero-order chi connectivity index (χ0) is 35.5. The van der Waals surface area contributed by atoms with Crippen LogP contribution in [0.1, 0.15) is 104 Å². The largest absolute Gasteiger partial charge is 0.507 e. The fraction of sp³-hybridized carbons (Fsp3) is 0.442. The van der Waals surface area contributed by atoms with E-state index in [4.69, 9.17) is 14.5 Å². The molecule has 2 aliphatic heterocycles. The van der Waals surface area contributed by atoms with Gasteiger partial charge in [-0.3, -0.25) is 9.79 Å². The van der Waals surface area contributed by atoms with Crippen LogP contribution in [0.2, 0.25) is 0 Å². The number of ether oxygens (including phenoxy) is 2. The Hall–Kier alpha value is -4.32. The first-order valence-corrected chi connectivity index (χ1v) is 17.7. The molecule has 0 saturated heterocycles. The van der Waals surface area contributed by atoms with Gasteiger partial charge in [0.2, 0.25) is 5.72 Å². The predicted molar refractivity (Wildman–Crippen MR) is 201 cm³/mol. The van der Waals surface area contributed by atoms with Gasteiger partial charge in [0.15, 0.2) is 0 Å². The maximum atomic E-state index is 13.9. The number of aliphatic imine (C=N–C) groups is 1. The van der Waals surface area contributed by atoms with E-state index in [1.165, 1.54) is 5.56 Å². The molecule has 6 heteroatoms. The van der Waals surface area contributed by atoms with Gasteiger partial charge in [-0.05, 0) is 89.4 Å². The summed E-state index contributed by atoms with van der Waals surface area (Å²) in [5, 5.41) is 13.1. The first-order chi connectivity index (χ1) is 23.0. The summed E-state index contributed by atoms with van der Waals surface area (Å²) in [6.45, 7) is 19.2. The van der Waals surface area contributed by atoms with Gasteiger partial charge in [-0.25, -0.2) is 0 Å². The van der Waals surface area contributed by atoms with Gasteiger partial charge < -0.3 is 19.5 Å². The van der Waals surface area contributed by atoms with E-state index in [1.807, 2.05) is 36.5 Å². The molecule has 0 aromatic heterocycles. The molecule has 2 heterocycles. The van der Waals surface area contributed by atoms with E-state index in [2.05, 4.69) is 111 Å². The molecule has 6 nitrogen and oxygen atoms in total. The highest BCUT2D eigenvalue weighted by atomic mass is 16.5. The molecule has 0 radical (unpaired) electrons. The second-order valence-corrected chi connectivity index (χ2v) is 16.6. The van der Waals surface area contributed by atoms with Gasteiger partial charge in [0.1, 0.15) is 22.9 Å². The zero-order valence-corrected chi connectivity index (χ0v) is 30.9. The topological polar surface area (TPSA) is 71.4 Å². The smallest absolute Gasteiger partial charge is 0.314 e.